The quantitative estimate of drug-likeness (QED) is 0.286. The summed E-state index contributed by atoms with van der Waals surface area (Å²) < 4.78 is 38.8. The maximum absolute atomic E-state index is 14.0. The Morgan fingerprint density at radius 1 is 0.953 bits per heavy atom. The molecule has 1 saturated heterocycles. The summed E-state index contributed by atoms with van der Waals surface area (Å²) in [4.78, 5) is 29.6. The van der Waals surface area contributed by atoms with Gasteiger partial charge in [0.05, 0.1) is 18.1 Å². The third-order valence-electron chi connectivity index (χ3n) is 7.80. The van der Waals surface area contributed by atoms with Crippen molar-refractivity contribution in [1.29, 1.82) is 0 Å². The van der Waals surface area contributed by atoms with Crippen LogP contribution in [0.25, 0.3) is 0 Å². The number of carbonyl (C=O) groups is 2. The molecule has 0 bridgehead atoms. The fraction of sp³-hybridized carbons (Fsp3) is 0.394. The molecule has 0 aromatic heterocycles. The molecule has 10 heteroatoms. The van der Waals surface area contributed by atoms with Gasteiger partial charge >= 0.3 is 0 Å². The van der Waals surface area contributed by atoms with Crippen molar-refractivity contribution < 1.29 is 27.5 Å². The molecule has 2 fully saturated rings. The largest absolute Gasteiger partial charge is 0.497 e. The minimum atomic E-state index is -3.55. The summed E-state index contributed by atoms with van der Waals surface area (Å²) in [5, 5.41) is 3.03. The number of benzene rings is 3. The molecule has 2 aliphatic rings. The van der Waals surface area contributed by atoms with Crippen LogP contribution >= 0.6 is 0 Å². The molecule has 1 aliphatic carbocycles. The first kappa shape index (κ1) is 30.7. The zero-order chi connectivity index (χ0) is 30.2. The molecule has 43 heavy (non-hydrogen) atoms. The molecule has 3 aromatic rings. The highest BCUT2D eigenvalue weighted by Crippen LogP contribution is 2.27. The number of hydrogen-bond donors (Lipinski definition) is 2. The van der Waals surface area contributed by atoms with E-state index in [9.17, 15) is 18.0 Å². The van der Waals surface area contributed by atoms with Crippen molar-refractivity contribution >= 4 is 21.8 Å². The lowest BCUT2D eigenvalue weighted by molar-refractivity contribution is -0.141. The smallest absolute Gasteiger partial charge is 0.247 e. The number of methoxy groups -OCH3 is 1. The molecular formula is C33H39N3O6S. The molecule has 2 N–H and O–H groups in total. The Bertz CT molecular complexity index is 1470. The first-order valence-electron chi connectivity index (χ1n) is 14.8. The van der Waals surface area contributed by atoms with Crippen LogP contribution in [0.2, 0.25) is 0 Å². The number of amides is 2. The lowest BCUT2D eigenvalue weighted by Gasteiger charge is -2.32. The van der Waals surface area contributed by atoms with E-state index in [1.54, 1.807) is 36.3 Å². The first-order valence-corrected chi connectivity index (χ1v) is 16.3. The van der Waals surface area contributed by atoms with Crippen LogP contribution in [0.3, 0.4) is 0 Å². The second-order valence-corrected chi connectivity index (χ2v) is 12.8. The number of nitrogens with zero attached hydrogens (tertiary/aromatic N) is 1. The molecule has 0 unspecified atom stereocenters. The molecular weight excluding hydrogens is 566 g/mol. The van der Waals surface area contributed by atoms with Crippen molar-refractivity contribution in [2.45, 2.75) is 68.2 Å². The average Bonchev–Trinajstić information content (AvgIpc) is 3.67. The Labute approximate surface area is 253 Å². The van der Waals surface area contributed by atoms with E-state index in [4.69, 9.17) is 9.47 Å². The number of carbonyl (C=O) groups excluding carboxylic acids is 2. The number of ether oxygens (including phenoxy) is 2. The number of nitrogens with one attached hydrogen (secondary N) is 2. The van der Waals surface area contributed by atoms with Gasteiger partial charge in [-0.15, -0.1) is 0 Å². The Morgan fingerprint density at radius 3 is 2.28 bits per heavy atom. The normalized spacial score (nSPS) is 17.3. The SMILES string of the molecule is COc1ccc(CN(C(=O)CCc2ccc(S(=O)(=O)NC3CC3)cc2)[C@H](C(=O)NC[C@H]2CCCO2)c2ccccc2)cc1. The second kappa shape index (κ2) is 14.2. The maximum Gasteiger partial charge on any atom is 0.247 e. The van der Waals surface area contributed by atoms with Gasteiger partial charge < -0.3 is 19.7 Å². The molecule has 5 rings (SSSR count). The van der Waals surface area contributed by atoms with Gasteiger partial charge in [-0.05, 0) is 73.1 Å². The highest BCUT2D eigenvalue weighted by Gasteiger charge is 2.32. The lowest BCUT2D eigenvalue weighted by atomic mass is 10.0. The highest BCUT2D eigenvalue weighted by molar-refractivity contribution is 7.89. The number of hydrogen-bond acceptors (Lipinski definition) is 6. The van der Waals surface area contributed by atoms with Crippen molar-refractivity contribution in [2.24, 2.45) is 0 Å². The molecule has 9 nitrogen and oxygen atoms in total. The molecule has 1 aliphatic heterocycles. The predicted octanol–water partition coefficient (Wildman–Crippen LogP) is 4.13. The fourth-order valence-corrected chi connectivity index (χ4v) is 6.50. The summed E-state index contributed by atoms with van der Waals surface area (Å²) in [5.41, 5.74) is 2.41. The minimum Gasteiger partial charge on any atom is -0.497 e. The molecule has 2 amide bonds. The van der Waals surface area contributed by atoms with E-state index in [1.165, 1.54) is 0 Å². The Morgan fingerprint density at radius 2 is 1.65 bits per heavy atom. The molecule has 0 spiro atoms. The summed E-state index contributed by atoms with van der Waals surface area (Å²) >= 11 is 0. The van der Waals surface area contributed by atoms with Crippen molar-refractivity contribution in [2.75, 3.05) is 20.3 Å². The minimum absolute atomic E-state index is 0.0273. The van der Waals surface area contributed by atoms with Gasteiger partial charge in [0.15, 0.2) is 0 Å². The monoisotopic (exact) mass is 605 g/mol. The van der Waals surface area contributed by atoms with Crippen LogP contribution in [0, 0.1) is 0 Å². The van der Waals surface area contributed by atoms with Gasteiger partial charge in [0.2, 0.25) is 21.8 Å². The van der Waals surface area contributed by atoms with Crippen molar-refractivity contribution in [3.63, 3.8) is 0 Å². The fourth-order valence-electron chi connectivity index (χ4n) is 5.19. The molecule has 3 aromatic carbocycles. The maximum atomic E-state index is 14.0. The molecule has 228 valence electrons. The van der Waals surface area contributed by atoms with Gasteiger partial charge in [-0.2, -0.15) is 0 Å². The van der Waals surface area contributed by atoms with Crippen LogP contribution in [-0.2, 0) is 37.3 Å². The average molecular weight is 606 g/mol. The highest BCUT2D eigenvalue weighted by atomic mass is 32.2. The number of aryl methyl sites for hydroxylation is 1. The van der Waals surface area contributed by atoms with Crippen LogP contribution < -0.4 is 14.8 Å². The summed E-state index contributed by atoms with van der Waals surface area (Å²) in [6.45, 7) is 1.30. The summed E-state index contributed by atoms with van der Waals surface area (Å²) in [6, 6.07) is 22.6. The summed E-state index contributed by atoms with van der Waals surface area (Å²) in [7, 11) is -1.95. The summed E-state index contributed by atoms with van der Waals surface area (Å²) in [6.07, 6.45) is 4.09. The van der Waals surface area contributed by atoms with Crippen LogP contribution in [0.15, 0.2) is 83.8 Å². The van der Waals surface area contributed by atoms with E-state index >= 15 is 0 Å². The van der Waals surface area contributed by atoms with Crippen LogP contribution in [0.5, 0.6) is 5.75 Å². The number of sulfonamides is 1. The number of rotatable bonds is 14. The van der Waals surface area contributed by atoms with E-state index in [2.05, 4.69) is 10.0 Å². The van der Waals surface area contributed by atoms with E-state index in [0.717, 1.165) is 36.8 Å². The third-order valence-corrected chi connectivity index (χ3v) is 9.33. The molecule has 1 heterocycles. The topological polar surface area (TPSA) is 114 Å². The molecule has 1 saturated carbocycles. The van der Waals surface area contributed by atoms with Crippen LogP contribution in [0.1, 0.15) is 54.8 Å². The Balaban J connectivity index is 1.35. The molecule has 2 atom stereocenters. The van der Waals surface area contributed by atoms with E-state index in [1.807, 2.05) is 54.6 Å². The van der Waals surface area contributed by atoms with Crippen LogP contribution in [0.4, 0.5) is 0 Å². The van der Waals surface area contributed by atoms with Gasteiger partial charge in [0.25, 0.3) is 0 Å². The zero-order valence-electron chi connectivity index (χ0n) is 24.4. The standard InChI is InChI=1S/C33H39N3O6S/c1-41-28-16-9-25(10-17-28)23-36(32(26-6-3-2-4-7-26)33(38)34-22-29-8-5-21-42-29)31(37)20-13-24-11-18-30(19-12-24)43(39,40)35-27-14-15-27/h2-4,6-7,9-12,16-19,27,29,32,35H,5,8,13-15,20-23H2,1H3,(H,34,38)/t29-,32+/m1/s1. The van der Waals surface area contributed by atoms with E-state index in [0.29, 0.717) is 30.9 Å². The predicted molar refractivity (Wildman–Crippen MR) is 163 cm³/mol. The second-order valence-electron chi connectivity index (χ2n) is 11.1. The lowest BCUT2D eigenvalue weighted by Crippen LogP contribution is -2.45. The molecule has 0 radical (unpaired) electrons. The summed E-state index contributed by atoms with van der Waals surface area (Å²) in [5.74, 6) is 0.249. The van der Waals surface area contributed by atoms with Crippen molar-refractivity contribution in [3.8, 4) is 5.75 Å². The van der Waals surface area contributed by atoms with Gasteiger partial charge in [-0.3, -0.25) is 9.59 Å². The Kier molecular flexibility index (Phi) is 10.1. The zero-order valence-corrected chi connectivity index (χ0v) is 25.2. The van der Waals surface area contributed by atoms with Crippen molar-refractivity contribution in [3.05, 3.63) is 95.6 Å². The van der Waals surface area contributed by atoms with Crippen molar-refractivity contribution in [1.82, 2.24) is 14.9 Å². The van der Waals surface area contributed by atoms with E-state index < -0.39 is 16.1 Å². The van der Waals surface area contributed by atoms with Gasteiger partial charge in [0, 0.05) is 32.2 Å². The third kappa shape index (κ3) is 8.43. The first-order chi connectivity index (χ1) is 20.8. The van der Waals surface area contributed by atoms with E-state index in [-0.39, 0.29) is 41.8 Å². The van der Waals surface area contributed by atoms with Gasteiger partial charge in [-0.1, -0.05) is 54.6 Å². The Hall–Kier alpha value is -3.73. The van der Waals surface area contributed by atoms with Gasteiger partial charge in [-0.25, -0.2) is 13.1 Å². The van der Waals surface area contributed by atoms with Crippen LogP contribution in [-0.4, -0.2) is 57.5 Å². The van der Waals surface area contributed by atoms with Gasteiger partial charge in [0.1, 0.15) is 11.8 Å².